The van der Waals surface area contributed by atoms with Crippen LogP contribution in [-0.2, 0) is 12.8 Å². The minimum atomic E-state index is -0.372. The molecular weight excluding hydrogens is 438 g/mol. The molecule has 2 aromatic carbocycles. The number of nitrogens with one attached hydrogen (secondary N) is 3. The van der Waals surface area contributed by atoms with Gasteiger partial charge in [-0.2, -0.15) is 0 Å². The summed E-state index contributed by atoms with van der Waals surface area (Å²) < 4.78 is 7.63. The van der Waals surface area contributed by atoms with Gasteiger partial charge in [-0.25, -0.2) is 9.78 Å². The standard InChI is InChI=1S/C24H23N5O3S/c1-16-8-9-18(27-23(31)26-17-6-4-3-5-7-17)14-20(16)28-22(30)21-11-10-19(32-21)15-33-24-25-12-13-29(24)2/h3-14H,15H2,1-2H3,(H,28,30)(H2,26,27,31). The van der Waals surface area contributed by atoms with Crippen molar-refractivity contribution >= 4 is 40.8 Å². The monoisotopic (exact) mass is 461 g/mol. The van der Waals surface area contributed by atoms with Crippen molar-refractivity contribution in [3.63, 3.8) is 0 Å². The van der Waals surface area contributed by atoms with E-state index in [9.17, 15) is 9.59 Å². The summed E-state index contributed by atoms with van der Waals surface area (Å²) in [5.74, 6) is 1.09. The summed E-state index contributed by atoms with van der Waals surface area (Å²) in [4.78, 5) is 29.2. The van der Waals surface area contributed by atoms with Crippen LogP contribution in [0.5, 0.6) is 0 Å². The van der Waals surface area contributed by atoms with Gasteiger partial charge in [-0.05, 0) is 48.9 Å². The SMILES string of the molecule is Cc1ccc(NC(=O)Nc2ccccc2)cc1NC(=O)c1ccc(CSc2nccn2C)o1. The van der Waals surface area contributed by atoms with E-state index < -0.39 is 0 Å². The number of carbonyl (C=O) groups is 2. The molecule has 0 atom stereocenters. The van der Waals surface area contributed by atoms with Gasteiger partial charge in [0.05, 0.1) is 5.75 Å². The normalized spacial score (nSPS) is 10.6. The second-order valence-electron chi connectivity index (χ2n) is 7.30. The van der Waals surface area contributed by atoms with Gasteiger partial charge in [0.15, 0.2) is 10.9 Å². The van der Waals surface area contributed by atoms with E-state index in [1.807, 2.05) is 49.0 Å². The number of amides is 3. The number of hydrogen-bond acceptors (Lipinski definition) is 5. The van der Waals surface area contributed by atoms with Crippen molar-refractivity contribution in [3.05, 3.63) is 90.1 Å². The molecule has 0 saturated carbocycles. The molecular formula is C24H23N5O3S. The van der Waals surface area contributed by atoms with E-state index >= 15 is 0 Å². The lowest BCUT2D eigenvalue weighted by molar-refractivity contribution is 0.0995. The Labute approximate surface area is 195 Å². The number of hydrogen-bond donors (Lipinski definition) is 3. The summed E-state index contributed by atoms with van der Waals surface area (Å²) in [6, 6.07) is 17.5. The predicted molar refractivity (Wildman–Crippen MR) is 130 cm³/mol. The van der Waals surface area contributed by atoms with Gasteiger partial charge in [-0.1, -0.05) is 36.0 Å². The molecule has 0 fully saturated rings. The minimum absolute atomic E-state index is 0.213. The van der Waals surface area contributed by atoms with Gasteiger partial charge in [0, 0.05) is 36.5 Å². The molecule has 2 heterocycles. The van der Waals surface area contributed by atoms with Crippen LogP contribution in [0.2, 0.25) is 0 Å². The maximum atomic E-state index is 12.7. The molecule has 0 bridgehead atoms. The number of para-hydroxylation sites is 1. The molecule has 3 amide bonds. The zero-order valence-electron chi connectivity index (χ0n) is 18.2. The predicted octanol–water partition coefficient (Wildman–Crippen LogP) is 5.51. The Morgan fingerprint density at radius 1 is 1.00 bits per heavy atom. The van der Waals surface area contributed by atoms with Gasteiger partial charge in [0.1, 0.15) is 5.76 Å². The third kappa shape index (κ3) is 5.83. The van der Waals surface area contributed by atoms with Crippen molar-refractivity contribution in [2.75, 3.05) is 16.0 Å². The third-order valence-corrected chi connectivity index (χ3v) is 5.86. The highest BCUT2D eigenvalue weighted by molar-refractivity contribution is 7.98. The molecule has 0 aliphatic carbocycles. The van der Waals surface area contributed by atoms with Gasteiger partial charge in [0.2, 0.25) is 0 Å². The molecule has 0 unspecified atom stereocenters. The van der Waals surface area contributed by atoms with Crippen molar-refractivity contribution in [1.29, 1.82) is 0 Å². The zero-order chi connectivity index (χ0) is 23.2. The Bertz CT molecular complexity index is 1270. The number of furan rings is 1. The second-order valence-corrected chi connectivity index (χ2v) is 8.25. The van der Waals surface area contributed by atoms with Crippen molar-refractivity contribution in [3.8, 4) is 0 Å². The van der Waals surface area contributed by atoms with E-state index in [4.69, 9.17) is 4.42 Å². The van der Waals surface area contributed by atoms with E-state index in [1.165, 1.54) is 11.8 Å². The molecule has 0 radical (unpaired) electrons. The highest BCUT2D eigenvalue weighted by Crippen LogP contribution is 2.24. The Morgan fingerprint density at radius 3 is 2.55 bits per heavy atom. The fraction of sp³-hybridized carbons (Fsp3) is 0.125. The number of imidazole rings is 1. The first-order chi connectivity index (χ1) is 16.0. The van der Waals surface area contributed by atoms with Crippen molar-refractivity contribution < 1.29 is 14.0 Å². The van der Waals surface area contributed by atoms with Gasteiger partial charge >= 0.3 is 6.03 Å². The number of aryl methyl sites for hydroxylation is 2. The first-order valence-corrected chi connectivity index (χ1v) is 11.2. The fourth-order valence-corrected chi connectivity index (χ4v) is 3.86. The molecule has 0 aliphatic heterocycles. The Morgan fingerprint density at radius 2 is 1.79 bits per heavy atom. The zero-order valence-corrected chi connectivity index (χ0v) is 19.0. The van der Waals surface area contributed by atoms with Crippen LogP contribution in [0.3, 0.4) is 0 Å². The number of carbonyl (C=O) groups excluding carboxylic acids is 2. The number of rotatable bonds is 7. The van der Waals surface area contributed by atoms with Crippen LogP contribution in [0.25, 0.3) is 0 Å². The molecule has 0 spiro atoms. The molecule has 0 aliphatic rings. The van der Waals surface area contributed by atoms with Crippen LogP contribution in [0, 0.1) is 6.92 Å². The van der Waals surface area contributed by atoms with Crippen molar-refractivity contribution in [2.24, 2.45) is 7.05 Å². The summed E-state index contributed by atoms with van der Waals surface area (Å²) in [6.07, 6.45) is 3.61. The number of aromatic nitrogens is 2. The molecule has 168 valence electrons. The summed E-state index contributed by atoms with van der Waals surface area (Å²) in [7, 11) is 1.92. The molecule has 0 saturated heterocycles. The first-order valence-electron chi connectivity index (χ1n) is 10.2. The van der Waals surface area contributed by atoms with E-state index in [-0.39, 0.29) is 17.7 Å². The van der Waals surface area contributed by atoms with Crippen LogP contribution in [0.4, 0.5) is 21.9 Å². The molecule has 33 heavy (non-hydrogen) atoms. The van der Waals surface area contributed by atoms with Crippen LogP contribution in [0.15, 0.2) is 82.6 Å². The minimum Gasteiger partial charge on any atom is -0.455 e. The summed E-state index contributed by atoms with van der Waals surface area (Å²) in [5.41, 5.74) is 2.67. The topological polar surface area (TPSA) is 101 Å². The average molecular weight is 462 g/mol. The number of benzene rings is 2. The second kappa shape index (κ2) is 10.1. The van der Waals surface area contributed by atoms with E-state index in [0.29, 0.717) is 28.6 Å². The van der Waals surface area contributed by atoms with E-state index in [2.05, 4.69) is 20.9 Å². The number of anilines is 3. The first kappa shape index (κ1) is 22.2. The lowest BCUT2D eigenvalue weighted by atomic mass is 10.1. The lowest BCUT2D eigenvalue weighted by Crippen LogP contribution is -2.19. The molecule has 2 aromatic heterocycles. The molecule has 8 nitrogen and oxygen atoms in total. The molecule has 4 rings (SSSR count). The van der Waals surface area contributed by atoms with Crippen LogP contribution < -0.4 is 16.0 Å². The van der Waals surface area contributed by atoms with Crippen LogP contribution in [0.1, 0.15) is 21.9 Å². The van der Waals surface area contributed by atoms with Crippen molar-refractivity contribution in [2.45, 2.75) is 17.8 Å². The molecule has 9 heteroatoms. The lowest BCUT2D eigenvalue weighted by Gasteiger charge is -2.12. The highest BCUT2D eigenvalue weighted by Gasteiger charge is 2.14. The Balaban J connectivity index is 1.37. The smallest absolute Gasteiger partial charge is 0.323 e. The summed E-state index contributed by atoms with van der Waals surface area (Å²) in [5, 5.41) is 9.26. The molecule has 3 N–H and O–H groups in total. The van der Waals surface area contributed by atoms with E-state index in [0.717, 1.165) is 10.7 Å². The highest BCUT2D eigenvalue weighted by atomic mass is 32.2. The quantitative estimate of drug-likeness (QED) is 0.315. The van der Waals surface area contributed by atoms with E-state index in [1.54, 1.807) is 42.6 Å². The average Bonchev–Trinajstić information content (AvgIpc) is 3.44. The number of thioether (sulfide) groups is 1. The van der Waals surface area contributed by atoms with Crippen LogP contribution in [-0.4, -0.2) is 21.5 Å². The Hall–Kier alpha value is -3.98. The van der Waals surface area contributed by atoms with Gasteiger partial charge < -0.3 is 24.9 Å². The Kier molecular flexibility index (Phi) is 6.80. The van der Waals surface area contributed by atoms with Crippen molar-refractivity contribution in [1.82, 2.24) is 9.55 Å². The number of urea groups is 1. The molecule has 4 aromatic rings. The summed E-state index contributed by atoms with van der Waals surface area (Å²) >= 11 is 1.53. The van der Waals surface area contributed by atoms with Crippen LogP contribution >= 0.6 is 11.8 Å². The van der Waals surface area contributed by atoms with Gasteiger partial charge in [-0.15, -0.1) is 0 Å². The largest absolute Gasteiger partial charge is 0.455 e. The van der Waals surface area contributed by atoms with Gasteiger partial charge in [0.25, 0.3) is 5.91 Å². The maximum absolute atomic E-state index is 12.7. The third-order valence-electron chi connectivity index (χ3n) is 4.78. The van der Waals surface area contributed by atoms with Gasteiger partial charge in [-0.3, -0.25) is 4.79 Å². The maximum Gasteiger partial charge on any atom is 0.323 e. The fourth-order valence-electron chi connectivity index (χ4n) is 3.04. The number of nitrogens with zero attached hydrogens (tertiary/aromatic N) is 2. The summed E-state index contributed by atoms with van der Waals surface area (Å²) in [6.45, 7) is 1.88.